The van der Waals surface area contributed by atoms with Gasteiger partial charge in [0.1, 0.15) is 12.0 Å². The Balaban J connectivity index is 1.64. The van der Waals surface area contributed by atoms with Crippen LogP contribution in [-0.2, 0) is 17.8 Å². The Morgan fingerprint density at radius 3 is 2.54 bits per heavy atom. The van der Waals surface area contributed by atoms with Gasteiger partial charge in [-0.2, -0.15) is 0 Å². The van der Waals surface area contributed by atoms with Crippen molar-refractivity contribution in [3.63, 3.8) is 0 Å². The van der Waals surface area contributed by atoms with E-state index in [1.54, 1.807) is 12.1 Å². The van der Waals surface area contributed by atoms with Crippen LogP contribution in [-0.4, -0.2) is 27.1 Å². The fourth-order valence-corrected chi connectivity index (χ4v) is 2.39. The topological polar surface area (TPSA) is 113 Å². The Bertz CT molecular complexity index is 934. The van der Waals surface area contributed by atoms with Gasteiger partial charge in [0, 0.05) is 17.7 Å². The molecule has 0 radical (unpaired) electrons. The largest absolute Gasteiger partial charge is 0.508 e. The van der Waals surface area contributed by atoms with Crippen molar-refractivity contribution in [1.82, 2.24) is 10.3 Å². The lowest BCUT2D eigenvalue weighted by Crippen LogP contribution is -2.24. The first kappa shape index (κ1) is 17.2. The number of hydrogen-bond acceptors (Lipinski definition) is 5. The van der Waals surface area contributed by atoms with Crippen molar-refractivity contribution in [2.45, 2.75) is 13.0 Å². The summed E-state index contributed by atoms with van der Waals surface area (Å²) in [5.41, 5.74) is 1.66. The molecule has 0 spiro atoms. The van der Waals surface area contributed by atoms with Crippen LogP contribution < -0.4 is 5.32 Å². The van der Waals surface area contributed by atoms with Crippen molar-refractivity contribution in [2.24, 2.45) is 0 Å². The number of carbonyl (C=O) groups excluding carboxylic acids is 1. The molecule has 1 amide bonds. The number of aromatic nitrogens is 1. The van der Waals surface area contributed by atoms with E-state index < -0.39 is 5.97 Å². The molecule has 0 bridgehead atoms. The van der Waals surface area contributed by atoms with Gasteiger partial charge in [0.05, 0.1) is 6.42 Å². The molecule has 0 saturated carbocycles. The van der Waals surface area contributed by atoms with Crippen LogP contribution in [0.25, 0.3) is 11.5 Å². The molecule has 132 valence electrons. The molecule has 7 heteroatoms. The lowest BCUT2D eigenvalue weighted by atomic mass is 10.1. The number of aromatic hydroxyl groups is 1. The van der Waals surface area contributed by atoms with E-state index in [0.717, 1.165) is 11.8 Å². The van der Waals surface area contributed by atoms with Crippen LogP contribution in [0.1, 0.15) is 21.6 Å². The molecule has 0 atom stereocenters. The van der Waals surface area contributed by atoms with Gasteiger partial charge in [-0.25, -0.2) is 9.78 Å². The highest BCUT2D eigenvalue weighted by molar-refractivity contribution is 5.85. The zero-order valence-electron chi connectivity index (χ0n) is 13.7. The molecule has 1 heterocycles. The first-order valence-electron chi connectivity index (χ1n) is 7.84. The lowest BCUT2D eigenvalue weighted by Gasteiger charge is -2.08. The van der Waals surface area contributed by atoms with Crippen LogP contribution in [0.5, 0.6) is 5.75 Å². The number of oxazole rings is 1. The van der Waals surface area contributed by atoms with Crippen LogP contribution in [0.15, 0.2) is 59.2 Å². The third-order valence-electron chi connectivity index (χ3n) is 3.74. The van der Waals surface area contributed by atoms with Crippen molar-refractivity contribution < 1.29 is 24.2 Å². The van der Waals surface area contributed by atoms with E-state index >= 15 is 0 Å². The molecule has 0 unspecified atom stereocenters. The van der Waals surface area contributed by atoms with Gasteiger partial charge < -0.3 is 19.9 Å². The van der Waals surface area contributed by atoms with Crippen LogP contribution in [0.4, 0.5) is 0 Å². The number of amides is 1. The summed E-state index contributed by atoms with van der Waals surface area (Å²) in [6.45, 7) is 0.170. The fourth-order valence-electron chi connectivity index (χ4n) is 2.39. The van der Waals surface area contributed by atoms with Crippen molar-refractivity contribution in [3.05, 3.63) is 71.6 Å². The zero-order valence-corrected chi connectivity index (χ0v) is 13.7. The Morgan fingerprint density at radius 1 is 1.12 bits per heavy atom. The molecule has 3 aromatic rings. The molecule has 7 nitrogen and oxygen atoms in total. The number of phenols is 1. The number of carbonyl (C=O) groups is 2. The Kier molecular flexibility index (Phi) is 4.98. The average Bonchev–Trinajstić information content (AvgIpc) is 3.12. The maximum absolute atomic E-state index is 12.0. The summed E-state index contributed by atoms with van der Waals surface area (Å²) in [6.07, 6.45) is 1.29. The van der Waals surface area contributed by atoms with E-state index in [1.807, 2.05) is 30.3 Å². The maximum Gasteiger partial charge on any atom is 0.357 e. The van der Waals surface area contributed by atoms with Gasteiger partial charge in [0.25, 0.3) is 0 Å². The van der Waals surface area contributed by atoms with E-state index in [4.69, 9.17) is 9.52 Å². The molecule has 2 aromatic carbocycles. The zero-order chi connectivity index (χ0) is 18.5. The van der Waals surface area contributed by atoms with Gasteiger partial charge in [0.15, 0.2) is 5.69 Å². The molecular weight excluding hydrogens is 336 g/mol. The Hall–Kier alpha value is -3.61. The third kappa shape index (κ3) is 4.07. The molecule has 0 aliphatic rings. The third-order valence-corrected chi connectivity index (χ3v) is 3.74. The number of phenolic OH excluding ortho intramolecular Hbond substituents is 1. The normalized spacial score (nSPS) is 10.5. The summed E-state index contributed by atoms with van der Waals surface area (Å²) >= 11 is 0. The molecular formula is C19H16N2O5. The Morgan fingerprint density at radius 2 is 1.88 bits per heavy atom. The monoisotopic (exact) mass is 352 g/mol. The molecule has 3 N–H and O–H groups in total. The highest BCUT2D eigenvalue weighted by Gasteiger charge is 2.13. The second-order valence-corrected chi connectivity index (χ2v) is 5.63. The SMILES string of the molecule is O=C(Cc1ccccc1)NCc1ccc(-c2nc(C(=O)O)co2)cc1O. The summed E-state index contributed by atoms with van der Waals surface area (Å²) in [6, 6.07) is 14.0. The minimum absolute atomic E-state index is 0.0439. The van der Waals surface area contributed by atoms with E-state index in [1.165, 1.54) is 6.07 Å². The number of hydrogen-bond donors (Lipinski definition) is 3. The molecule has 26 heavy (non-hydrogen) atoms. The standard InChI is InChI=1S/C19H16N2O5/c22-16-9-13(18-21-15(11-26-18)19(24)25)6-7-14(16)10-20-17(23)8-12-4-2-1-3-5-12/h1-7,9,11,22H,8,10H2,(H,20,23)(H,24,25). The molecule has 0 saturated heterocycles. The van der Waals surface area contributed by atoms with Crippen molar-refractivity contribution in [1.29, 1.82) is 0 Å². The quantitative estimate of drug-likeness (QED) is 0.628. The number of carboxylic acids is 1. The van der Waals surface area contributed by atoms with Crippen molar-refractivity contribution in [2.75, 3.05) is 0 Å². The second kappa shape index (κ2) is 7.52. The number of aromatic carboxylic acids is 1. The second-order valence-electron chi connectivity index (χ2n) is 5.63. The molecule has 3 rings (SSSR count). The maximum atomic E-state index is 12.0. The fraction of sp³-hybridized carbons (Fsp3) is 0.105. The predicted octanol–water partition coefficient (Wildman–Crippen LogP) is 2.60. The van der Waals surface area contributed by atoms with Gasteiger partial charge in [0.2, 0.25) is 11.8 Å². The number of benzene rings is 2. The summed E-state index contributed by atoms with van der Waals surface area (Å²) in [5, 5.41) is 21.7. The summed E-state index contributed by atoms with van der Waals surface area (Å²) in [5.74, 6) is -1.30. The van der Waals surface area contributed by atoms with Gasteiger partial charge in [-0.15, -0.1) is 0 Å². The first-order chi connectivity index (χ1) is 12.5. The molecule has 0 aliphatic heterocycles. The van der Waals surface area contributed by atoms with Gasteiger partial charge in [-0.1, -0.05) is 36.4 Å². The van der Waals surface area contributed by atoms with E-state index in [2.05, 4.69) is 10.3 Å². The van der Waals surface area contributed by atoms with E-state index in [0.29, 0.717) is 11.1 Å². The minimum atomic E-state index is -1.19. The van der Waals surface area contributed by atoms with Crippen molar-refractivity contribution >= 4 is 11.9 Å². The number of carboxylic acid groups (broad SMARTS) is 1. The van der Waals surface area contributed by atoms with Gasteiger partial charge >= 0.3 is 5.97 Å². The predicted molar refractivity (Wildman–Crippen MR) is 92.6 cm³/mol. The lowest BCUT2D eigenvalue weighted by molar-refractivity contribution is -0.120. The molecule has 0 fully saturated rings. The summed E-state index contributed by atoms with van der Waals surface area (Å²) in [7, 11) is 0. The smallest absolute Gasteiger partial charge is 0.357 e. The van der Waals surface area contributed by atoms with Crippen LogP contribution in [0.3, 0.4) is 0 Å². The van der Waals surface area contributed by atoms with Crippen molar-refractivity contribution in [3.8, 4) is 17.2 Å². The molecule has 0 aliphatic carbocycles. The number of nitrogens with zero attached hydrogens (tertiary/aromatic N) is 1. The summed E-state index contributed by atoms with van der Waals surface area (Å²) < 4.78 is 5.10. The highest BCUT2D eigenvalue weighted by atomic mass is 16.4. The Labute approximate surface area is 148 Å². The number of nitrogens with one attached hydrogen (secondary N) is 1. The number of rotatable bonds is 6. The van der Waals surface area contributed by atoms with Gasteiger partial charge in [-0.3, -0.25) is 4.79 Å². The first-order valence-corrected chi connectivity index (χ1v) is 7.84. The van der Waals surface area contributed by atoms with E-state index in [-0.39, 0.29) is 36.2 Å². The van der Waals surface area contributed by atoms with Crippen LogP contribution in [0.2, 0.25) is 0 Å². The average molecular weight is 352 g/mol. The van der Waals surface area contributed by atoms with E-state index in [9.17, 15) is 14.7 Å². The molecule has 1 aromatic heterocycles. The highest BCUT2D eigenvalue weighted by Crippen LogP contribution is 2.26. The minimum Gasteiger partial charge on any atom is -0.508 e. The van der Waals surface area contributed by atoms with Crippen LogP contribution in [0, 0.1) is 0 Å². The van der Waals surface area contributed by atoms with Gasteiger partial charge in [-0.05, 0) is 17.7 Å². The summed E-state index contributed by atoms with van der Waals surface area (Å²) in [4.78, 5) is 26.6. The van der Waals surface area contributed by atoms with Crippen LogP contribution >= 0.6 is 0 Å².